The highest BCUT2D eigenvalue weighted by Gasteiger charge is 2.17. The molecule has 0 radical (unpaired) electrons. The van der Waals surface area contributed by atoms with Crippen LogP contribution in [0.5, 0.6) is 0 Å². The summed E-state index contributed by atoms with van der Waals surface area (Å²) in [6.45, 7) is 11.5. The number of hydrogen-bond donors (Lipinski definition) is 1. The zero-order valence-corrected chi connectivity index (χ0v) is 15.5. The molecule has 124 valence electrons. The second-order valence-electron chi connectivity index (χ2n) is 5.83. The van der Waals surface area contributed by atoms with Crippen molar-refractivity contribution in [2.75, 3.05) is 12.8 Å². The van der Waals surface area contributed by atoms with E-state index >= 15 is 0 Å². The number of aromatic nitrogens is 1. The Balaban J connectivity index is 2.27. The highest BCUT2D eigenvalue weighted by atomic mass is 32.2. The van der Waals surface area contributed by atoms with E-state index in [0.29, 0.717) is 0 Å². The third-order valence-corrected chi connectivity index (χ3v) is 4.79. The summed E-state index contributed by atoms with van der Waals surface area (Å²) in [6.07, 6.45) is 11.2. The van der Waals surface area contributed by atoms with Crippen molar-refractivity contribution >= 4 is 23.7 Å². The SMILES string of the molecule is C=C(CCC)NCC/C(=C1\C=CC=N1)c1c(C)cc(C)n1SC. The van der Waals surface area contributed by atoms with Gasteiger partial charge in [-0.3, -0.25) is 8.96 Å². The fourth-order valence-electron chi connectivity index (χ4n) is 2.97. The number of aliphatic imine (C=N–C) groups is 1. The van der Waals surface area contributed by atoms with Crippen molar-refractivity contribution in [3.05, 3.63) is 53.1 Å². The van der Waals surface area contributed by atoms with Gasteiger partial charge in [-0.2, -0.15) is 0 Å². The third kappa shape index (κ3) is 4.20. The van der Waals surface area contributed by atoms with E-state index in [2.05, 4.69) is 60.0 Å². The largest absolute Gasteiger partial charge is 0.388 e. The van der Waals surface area contributed by atoms with Gasteiger partial charge in [-0.05, 0) is 62.4 Å². The predicted octanol–water partition coefficient (Wildman–Crippen LogP) is 4.88. The molecule has 1 aliphatic heterocycles. The highest BCUT2D eigenvalue weighted by molar-refractivity contribution is 7.97. The van der Waals surface area contributed by atoms with Crippen molar-refractivity contribution in [2.24, 2.45) is 4.99 Å². The Morgan fingerprint density at radius 2 is 2.13 bits per heavy atom. The second kappa shape index (κ2) is 8.25. The standard InChI is InChI=1S/C19H27N3S/c1-6-8-15(3)20-12-10-17(18-9-7-11-21-18)19-14(2)13-16(4)22(19)23-5/h7,9,11,13,20H,3,6,8,10,12H2,1-2,4-5H3/b18-17-. The molecule has 3 nitrogen and oxygen atoms in total. The molecule has 1 aromatic rings. The minimum atomic E-state index is 0.888. The topological polar surface area (TPSA) is 29.3 Å². The molecule has 2 rings (SSSR count). The summed E-state index contributed by atoms with van der Waals surface area (Å²) in [4.78, 5) is 4.54. The molecule has 23 heavy (non-hydrogen) atoms. The van der Waals surface area contributed by atoms with Crippen LogP contribution in [0.15, 0.2) is 41.2 Å². The maximum absolute atomic E-state index is 4.54. The summed E-state index contributed by atoms with van der Waals surface area (Å²) in [6, 6.07) is 2.25. The van der Waals surface area contributed by atoms with Crippen LogP contribution in [0.3, 0.4) is 0 Å². The minimum absolute atomic E-state index is 0.888. The lowest BCUT2D eigenvalue weighted by atomic mass is 10.0. The average molecular weight is 330 g/mol. The molecular weight excluding hydrogens is 302 g/mol. The van der Waals surface area contributed by atoms with Crippen molar-refractivity contribution in [3.63, 3.8) is 0 Å². The summed E-state index contributed by atoms with van der Waals surface area (Å²) in [7, 11) is 0. The average Bonchev–Trinajstić information content (AvgIpc) is 3.12. The van der Waals surface area contributed by atoms with Gasteiger partial charge in [0.2, 0.25) is 0 Å². The van der Waals surface area contributed by atoms with Crippen LogP contribution in [0.25, 0.3) is 5.57 Å². The van der Waals surface area contributed by atoms with Gasteiger partial charge in [-0.15, -0.1) is 0 Å². The van der Waals surface area contributed by atoms with Gasteiger partial charge in [-0.25, -0.2) is 0 Å². The Morgan fingerprint density at radius 3 is 2.74 bits per heavy atom. The van der Waals surface area contributed by atoms with Gasteiger partial charge in [0.1, 0.15) is 0 Å². The summed E-state index contributed by atoms with van der Waals surface area (Å²) < 4.78 is 2.31. The third-order valence-electron chi connectivity index (χ3n) is 3.96. The Hall–Kier alpha value is -1.68. The van der Waals surface area contributed by atoms with Gasteiger partial charge in [0.25, 0.3) is 0 Å². The van der Waals surface area contributed by atoms with Gasteiger partial charge in [0, 0.05) is 36.0 Å². The van der Waals surface area contributed by atoms with Crippen LogP contribution >= 0.6 is 11.9 Å². The van der Waals surface area contributed by atoms with Crippen molar-refractivity contribution in [2.45, 2.75) is 40.0 Å². The van der Waals surface area contributed by atoms with Crippen LogP contribution in [0.2, 0.25) is 0 Å². The Kier molecular flexibility index (Phi) is 6.34. The van der Waals surface area contributed by atoms with E-state index in [0.717, 1.165) is 37.2 Å². The van der Waals surface area contributed by atoms with Crippen LogP contribution in [0, 0.1) is 13.8 Å². The molecule has 0 bridgehead atoms. The Bertz CT molecular complexity index is 648. The smallest absolute Gasteiger partial charge is 0.0684 e. The molecule has 2 heterocycles. The first-order valence-electron chi connectivity index (χ1n) is 8.17. The lowest BCUT2D eigenvalue weighted by Crippen LogP contribution is -2.15. The monoisotopic (exact) mass is 329 g/mol. The molecule has 1 N–H and O–H groups in total. The van der Waals surface area contributed by atoms with Crippen molar-refractivity contribution in [3.8, 4) is 0 Å². The lowest BCUT2D eigenvalue weighted by Gasteiger charge is -2.16. The van der Waals surface area contributed by atoms with E-state index in [-0.39, 0.29) is 0 Å². The fraction of sp³-hybridized carbons (Fsp3) is 0.421. The number of nitrogens with zero attached hydrogens (tertiary/aromatic N) is 2. The maximum atomic E-state index is 4.54. The first kappa shape index (κ1) is 17.7. The molecule has 0 aliphatic carbocycles. The maximum Gasteiger partial charge on any atom is 0.0684 e. The van der Waals surface area contributed by atoms with Crippen LogP contribution < -0.4 is 5.32 Å². The van der Waals surface area contributed by atoms with E-state index < -0.39 is 0 Å². The van der Waals surface area contributed by atoms with Gasteiger partial charge in [0.15, 0.2) is 0 Å². The quantitative estimate of drug-likeness (QED) is 0.737. The van der Waals surface area contributed by atoms with Crippen LogP contribution in [0.4, 0.5) is 0 Å². The number of nitrogens with one attached hydrogen (secondary N) is 1. The normalized spacial score (nSPS) is 15.3. The number of aryl methyl sites for hydroxylation is 2. The summed E-state index contributed by atoms with van der Waals surface area (Å²) in [5.41, 5.74) is 7.36. The van der Waals surface area contributed by atoms with E-state index in [1.54, 1.807) is 11.9 Å². The summed E-state index contributed by atoms with van der Waals surface area (Å²) in [5.74, 6) is 0. The van der Waals surface area contributed by atoms with Crippen molar-refractivity contribution in [1.82, 2.24) is 9.29 Å². The van der Waals surface area contributed by atoms with Crippen LogP contribution in [0.1, 0.15) is 43.1 Å². The van der Waals surface area contributed by atoms with Gasteiger partial charge >= 0.3 is 0 Å². The first-order chi connectivity index (χ1) is 11.1. The fourth-order valence-corrected chi connectivity index (χ4v) is 3.75. The minimum Gasteiger partial charge on any atom is -0.388 e. The summed E-state index contributed by atoms with van der Waals surface area (Å²) in [5, 5.41) is 3.45. The van der Waals surface area contributed by atoms with Gasteiger partial charge in [-0.1, -0.05) is 19.9 Å². The molecule has 0 unspecified atom stereocenters. The predicted molar refractivity (Wildman–Crippen MR) is 104 cm³/mol. The number of hydrogen-bond acceptors (Lipinski definition) is 3. The molecule has 0 amide bonds. The molecule has 0 saturated carbocycles. The van der Waals surface area contributed by atoms with Crippen molar-refractivity contribution < 1.29 is 0 Å². The first-order valence-corrected chi connectivity index (χ1v) is 9.36. The molecule has 0 spiro atoms. The molecule has 1 aliphatic rings. The Morgan fingerprint density at radius 1 is 1.35 bits per heavy atom. The zero-order valence-electron chi connectivity index (χ0n) is 14.6. The van der Waals surface area contributed by atoms with Gasteiger partial charge in [0.05, 0.1) is 11.4 Å². The zero-order chi connectivity index (χ0) is 16.8. The number of allylic oxidation sites excluding steroid dienone is 3. The van der Waals surface area contributed by atoms with Gasteiger partial charge < -0.3 is 5.32 Å². The molecule has 0 saturated heterocycles. The molecule has 0 atom stereocenters. The molecule has 4 heteroatoms. The number of rotatable bonds is 8. The van der Waals surface area contributed by atoms with E-state index in [9.17, 15) is 0 Å². The van der Waals surface area contributed by atoms with Crippen molar-refractivity contribution in [1.29, 1.82) is 0 Å². The van der Waals surface area contributed by atoms with Crippen LogP contribution in [-0.2, 0) is 0 Å². The second-order valence-corrected chi connectivity index (χ2v) is 6.56. The Labute approximate surface area is 144 Å². The highest BCUT2D eigenvalue weighted by Crippen LogP contribution is 2.32. The molecule has 0 aromatic carbocycles. The molecular formula is C19H27N3S. The van der Waals surface area contributed by atoms with E-state index in [1.165, 1.54) is 22.5 Å². The molecule has 0 fully saturated rings. The van der Waals surface area contributed by atoms with E-state index in [1.807, 2.05) is 12.3 Å². The van der Waals surface area contributed by atoms with E-state index in [4.69, 9.17) is 0 Å². The lowest BCUT2D eigenvalue weighted by molar-refractivity contribution is 0.741. The summed E-state index contributed by atoms with van der Waals surface area (Å²) >= 11 is 1.75. The molecule has 1 aromatic heterocycles. The van der Waals surface area contributed by atoms with Crippen LogP contribution in [-0.4, -0.2) is 23.0 Å².